The molecule has 1 saturated heterocycles. The van der Waals surface area contributed by atoms with Crippen LogP contribution < -0.4 is 10.6 Å². The van der Waals surface area contributed by atoms with Crippen molar-refractivity contribution in [3.05, 3.63) is 76.9 Å². The fourth-order valence-corrected chi connectivity index (χ4v) is 5.33. The molecule has 3 aromatic rings. The van der Waals surface area contributed by atoms with Gasteiger partial charge < -0.3 is 10.6 Å². The molecule has 4 nitrogen and oxygen atoms in total. The van der Waals surface area contributed by atoms with Crippen molar-refractivity contribution in [2.24, 2.45) is 11.8 Å². The molecule has 0 bridgehead atoms. The van der Waals surface area contributed by atoms with E-state index in [9.17, 15) is 4.79 Å². The Bertz CT molecular complexity index is 1060. The van der Waals surface area contributed by atoms with Crippen LogP contribution in [0.5, 0.6) is 0 Å². The van der Waals surface area contributed by atoms with Crippen molar-refractivity contribution in [2.75, 3.05) is 6.54 Å². The van der Waals surface area contributed by atoms with Crippen LogP contribution in [0.3, 0.4) is 0 Å². The molecule has 0 unspecified atom stereocenters. The van der Waals surface area contributed by atoms with Gasteiger partial charge in [-0.1, -0.05) is 74.7 Å². The lowest BCUT2D eigenvalue weighted by molar-refractivity contribution is -0.121. The highest BCUT2D eigenvalue weighted by atomic mass is 35.5. The average Bonchev–Trinajstić information content (AvgIpc) is 2.83. The number of fused-ring (bicyclic) bond motifs is 1. The molecule has 2 heterocycles. The van der Waals surface area contributed by atoms with E-state index in [1.54, 1.807) is 0 Å². The van der Waals surface area contributed by atoms with Gasteiger partial charge >= 0.3 is 0 Å². The molecule has 0 saturated carbocycles. The van der Waals surface area contributed by atoms with Crippen LogP contribution in [-0.2, 0) is 11.2 Å². The molecule has 1 fully saturated rings. The Morgan fingerprint density at radius 2 is 1.84 bits per heavy atom. The minimum absolute atomic E-state index is 0.0172. The van der Waals surface area contributed by atoms with E-state index >= 15 is 0 Å². The molecule has 2 aromatic carbocycles. The molecular weight excluding hydrogens is 418 g/mol. The summed E-state index contributed by atoms with van der Waals surface area (Å²) in [6.07, 6.45) is 5.50. The zero-order valence-electron chi connectivity index (χ0n) is 18.9. The lowest BCUT2D eigenvalue weighted by Crippen LogP contribution is -2.51. The van der Waals surface area contributed by atoms with Crippen molar-refractivity contribution < 1.29 is 4.79 Å². The van der Waals surface area contributed by atoms with E-state index in [1.807, 2.05) is 48.7 Å². The Labute approximate surface area is 195 Å². The summed E-state index contributed by atoms with van der Waals surface area (Å²) in [5, 5.41) is 8.84. The first kappa shape index (κ1) is 22.8. The molecule has 0 spiro atoms. The number of aromatic nitrogens is 1. The number of hydrogen-bond donors (Lipinski definition) is 2. The van der Waals surface area contributed by atoms with Gasteiger partial charge in [-0.3, -0.25) is 9.78 Å². The highest BCUT2D eigenvalue weighted by Crippen LogP contribution is 2.34. The summed E-state index contributed by atoms with van der Waals surface area (Å²) >= 11 is 6.32. The van der Waals surface area contributed by atoms with Crippen LogP contribution in [0.15, 0.2) is 60.8 Å². The molecule has 4 atom stereocenters. The van der Waals surface area contributed by atoms with Crippen molar-refractivity contribution in [3.8, 4) is 0 Å². The summed E-state index contributed by atoms with van der Waals surface area (Å²) in [6.45, 7) is 5.54. The minimum Gasteiger partial charge on any atom is -0.347 e. The van der Waals surface area contributed by atoms with Gasteiger partial charge in [0.15, 0.2) is 0 Å². The zero-order valence-corrected chi connectivity index (χ0v) is 19.6. The van der Waals surface area contributed by atoms with Crippen LogP contribution in [-0.4, -0.2) is 23.5 Å². The van der Waals surface area contributed by atoms with Crippen molar-refractivity contribution in [3.63, 3.8) is 0 Å². The molecular formula is C27H32ClN3O. The fourth-order valence-electron chi connectivity index (χ4n) is 5.13. The molecule has 0 radical (unpaired) electrons. The molecule has 32 heavy (non-hydrogen) atoms. The molecule has 5 heteroatoms. The third kappa shape index (κ3) is 4.97. The van der Waals surface area contributed by atoms with E-state index in [0.717, 1.165) is 41.4 Å². The zero-order chi connectivity index (χ0) is 22.5. The molecule has 168 valence electrons. The Hall–Kier alpha value is -2.43. The first-order valence-electron chi connectivity index (χ1n) is 11.7. The standard InChI is InChI=1S/C27H32ClN3O/c1-3-18-15-25(30-17-19(18)4-2)27(22-13-14-29-24-12-8-6-10-21(22)24)31-26(32)16-20-9-5-7-11-23(20)28/h5-14,18-19,25,27,30H,3-4,15-17H2,1-2H3,(H,31,32)/t18-,19-,25+,27+/m0/s1. The summed E-state index contributed by atoms with van der Waals surface area (Å²) in [5.41, 5.74) is 2.91. The third-order valence-electron chi connectivity index (χ3n) is 6.96. The predicted octanol–water partition coefficient (Wildman–Crippen LogP) is 5.70. The summed E-state index contributed by atoms with van der Waals surface area (Å²) in [4.78, 5) is 17.7. The SMILES string of the molecule is CC[C@H]1CN[C@@H]([C@H](NC(=O)Cc2ccccc2Cl)c2ccnc3ccccc23)C[C@@H]1CC. The monoisotopic (exact) mass is 449 g/mol. The number of piperidine rings is 1. The van der Waals surface area contributed by atoms with Gasteiger partial charge in [-0.15, -0.1) is 0 Å². The fraction of sp³-hybridized carbons (Fsp3) is 0.407. The van der Waals surface area contributed by atoms with Gasteiger partial charge in [-0.25, -0.2) is 0 Å². The normalized spacial score (nSPS) is 21.9. The van der Waals surface area contributed by atoms with Gasteiger partial charge in [0.05, 0.1) is 18.0 Å². The van der Waals surface area contributed by atoms with Crippen LogP contribution in [0.2, 0.25) is 5.02 Å². The second-order valence-corrected chi connectivity index (χ2v) is 9.22. The molecule has 1 amide bonds. The maximum absolute atomic E-state index is 13.2. The van der Waals surface area contributed by atoms with Crippen molar-refractivity contribution in [1.29, 1.82) is 0 Å². The number of benzene rings is 2. The van der Waals surface area contributed by atoms with E-state index in [1.165, 1.54) is 6.42 Å². The van der Waals surface area contributed by atoms with Gasteiger partial charge in [-0.05, 0) is 54.1 Å². The third-order valence-corrected chi connectivity index (χ3v) is 7.33. The number of nitrogens with one attached hydrogen (secondary N) is 2. The molecule has 1 aliphatic rings. The predicted molar refractivity (Wildman–Crippen MR) is 132 cm³/mol. The largest absolute Gasteiger partial charge is 0.347 e. The van der Waals surface area contributed by atoms with Gasteiger partial charge in [0, 0.05) is 22.6 Å². The lowest BCUT2D eigenvalue weighted by Gasteiger charge is -2.40. The number of pyridine rings is 1. The van der Waals surface area contributed by atoms with Crippen LogP contribution >= 0.6 is 11.6 Å². The van der Waals surface area contributed by atoms with Gasteiger partial charge in [0.25, 0.3) is 0 Å². The van der Waals surface area contributed by atoms with E-state index in [-0.39, 0.29) is 24.4 Å². The molecule has 4 rings (SSSR count). The Balaban J connectivity index is 1.65. The molecule has 1 aromatic heterocycles. The number of para-hydroxylation sites is 1. The summed E-state index contributed by atoms with van der Waals surface area (Å²) in [7, 11) is 0. The Morgan fingerprint density at radius 1 is 1.09 bits per heavy atom. The summed E-state index contributed by atoms with van der Waals surface area (Å²) in [5.74, 6) is 1.32. The minimum atomic E-state index is -0.134. The maximum atomic E-state index is 13.2. The average molecular weight is 450 g/mol. The highest BCUT2D eigenvalue weighted by Gasteiger charge is 2.34. The van der Waals surface area contributed by atoms with E-state index in [4.69, 9.17) is 11.6 Å². The lowest BCUT2D eigenvalue weighted by atomic mass is 9.77. The van der Waals surface area contributed by atoms with Gasteiger partial charge in [-0.2, -0.15) is 0 Å². The first-order chi connectivity index (χ1) is 15.6. The first-order valence-corrected chi connectivity index (χ1v) is 12.1. The number of rotatable bonds is 7. The second-order valence-electron chi connectivity index (χ2n) is 8.82. The number of amides is 1. The van der Waals surface area contributed by atoms with Gasteiger partial charge in [0.1, 0.15) is 0 Å². The van der Waals surface area contributed by atoms with E-state index < -0.39 is 0 Å². The molecule has 0 aliphatic carbocycles. The molecule has 1 aliphatic heterocycles. The Morgan fingerprint density at radius 3 is 2.62 bits per heavy atom. The summed E-state index contributed by atoms with van der Waals surface area (Å²) in [6, 6.07) is 17.8. The Kier molecular flexibility index (Phi) is 7.44. The van der Waals surface area contributed by atoms with Gasteiger partial charge in [0.2, 0.25) is 5.91 Å². The maximum Gasteiger partial charge on any atom is 0.225 e. The van der Waals surface area contributed by atoms with Crippen LogP contribution in [0.1, 0.15) is 50.3 Å². The number of halogens is 1. The number of carbonyl (C=O) groups is 1. The van der Waals surface area contributed by atoms with Crippen LogP contribution in [0, 0.1) is 11.8 Å². The van der Waals surface area contributed by atoms with E-state index in [2.05, 4.69) is 41.6 Å². The van der Waals surface area contributed by atoms with Crippen molar-refractivity contribution >= 4 is 28.4 Å². The molecule has 2 N–H and O–H groups in total. The summed E-state index contributed by atoms with van der Waals surface area (Å²) < 4.78 is 0. The van der Waals surface area contributed by atoms with E-state index in [0.29, 0.717) is 16.9 Å². The number of nitrogens with zero attached hydrogens (tertiary/aromatic N) is 1. The second kappa shape index (κ2) is 10.5. The van der Waals surface area contributed by atoms with Crippen molar-refractivity contribution in [1.82, 2.24) is 15.6 Å². The smallest absolute Gasteiger partial charge is 0.225 e. The number of carbonyl (C=O) groups excluding carboxylic acids is 1. The number of hydrogen-bond acceptors (Lipinski definition) is 3. The quantitative estimate of drug-likeness (QED) is 0.486. The van der Waals surface area contributed by atoms with Crippen LogP contribution in [0.25, 0.3) is 10.9 Å². The van der Waals surface area contributed by atoms with Crippen molar-refractivity contribution in [2.45, 2.75) is 51.6 Å². The topological polar surface area (TPSA) is 54.0 Å². The highest BCUT2D eigenvalue weighted by molar-refractivity contribution is 6.31. The van der Waals surface area contributed by atoms with Crippen LogP contribution in [0.4, 0.5) is 0 Å².